The van der Waals surface area contributed by atoms with Crippen molar-refractivity contribution in [2.75, 3.05) is 0 Å². The fourth-order valence-electron chi connectivity index (χ4n) is 2.63. The Morgan fingerprint density at radius 3 is 2.20 bits per heavy atom. The predicted octanol–water partition coefficient (Wildman–Crippen LogP) is 2.18. The van der Waals surface area contributed by atoms with Gasteiger partial charge in [-0.2, -0.15) is 0 Å². The Bertz CT molecular complexity index is 517. The van der Waals surface area contributed by atoms with Crippen LogP contribution in [0.15, 0.2) is 24.3 Å². The van der Waals surface area contributed by atoms with Gasteiger partial charge in [-0.25, -0.2) is 13.1 Å². The Labute approximate surface area is 121 Å². The molecule has 0 saturated heterocycles. The van der Waals surface area contributed by atoms with Gasteiger partial charge in [0.2, 0.25) is 10.0 Å². The van der Waals surface area contributed by atoms with Crippen molar-refractivity contribution in [3.8, 4) is 0 Å². The van der Waals surface area contributed by atoms with Crippen LogP contribution in [0.2, 0.25) is 0 Å². The van der Waals surface area contributed by atoms with E-state index in [1.54, 1.807) is 24.3 Å². The summed E-state index contributed by atoms with van der Waals surface area (Å²) < 4.78 is 27.1. The maximum absolute atomic E-state index is 12.1. The van der Waals surface area contributed by atoms with Crippen LogP contribution in [0.25, 0.3) is 0 Å². The van der Waals surface area contributed by atoms with Gasteiger partial charge in [-0.15, -0.1) is 0 Å². The van der Waals surface area contributed by atoms with Crippen molar-refractivity contribution in [1.29, 1.82) is 0 Å². The van der Waals surface area contributed by atoms with Gasteiger partial charge >= 0.3 is 0 Å². The molecule has 20 heavy (non-hydrogen) atoms. The van der Waals surface area contributed by atoms with Gasteiger partial charge in [0.25, 0.3) is 0 Å². The van der Waals surface area contributed by atoms with Gasteiger partial charge in [0, 0.05) is 6.04 Å². The van der Waals surface area contributed by atoms with Crippen LogP contribution >= 0.6 is 0 Å². The summed E-state index contributed by atoms with van der Waals surface area (Å²) in [7, 11) is -3.28. The molecule has 1 aliphatic carbocycles. The lowest BCUT2D eigenvalue weighted by atomic mass is 9.88. The summed E-state index contributed by atoms with van der Waals surface area (Å²) >= 11 is 0. The van der Waals surface area contributed by atoms with E-state index in [4.69, 9.17) is 5.11 Å². The Morgan fingerprint density at radius 1 is 1.10 bits per heavy atom. The van der Waals surface area contributed by atoms with E-state index in [-0.39, 0.29) is 18.4 Å². The molecule has 0 radical (unpaired) electrons. The molecular weight excluding hydrogens is 274 g/mol. The van der Waals surface area contributed by atoms with Crippen LogP contribution in [-0.2, 0) is 22.4 Å². The smallest absolute Gasteiger partial charge is 0.216 e. The maximum Gasteiger partial charge on any atom is 0.216 e. The van der Waals surface area contributed by atoms with Gasteiger partial charge in [-0.05, 0) is 42.7 Å². The minimum absolute atomic E-state index is 0.00472. The van der Waals surface area contributed by atoms with Crippen LogP contribution in [0.4, 0.5) is 0 Å². The van der Waals surface area contributed by atoms with Gasteiger partial charge in [0.15, 0.2) is 0 Å². The van der Waals surface area contributed by atoms with Crippen LogP contribution in [0, 0.1) is 5.92 Å². The molecule has 0 heterocycles. The van der Waals surface area contributed by atoms with E-state index in [9.17, 15) is 8.42 Å². The molecule has 0 amide bonds. The van der Waals surface area contributed by atoms with Crippen molar-refractivity contribution in [3.63, 3.8) is 0 Å². The van der Waals surface area contributed by atoms with Crippen LogP contribution in [0.3, 0.4) is 0 Å². The first-order valence-electron chi connectivity index (χ1n) is 7.17. The summed E-state index contributed by atoms with van der Waals surface area (Å²) in [5, 5.41) is 8.97. The highest BCUT2D eigenvalue weighted by Gasteiger charge is 2.22. The first-order chi connectivity index (χ1) is 9.48. The maximum atomic E-state index is 12.1. The minimum atomic E-state index is -3.28. The van der Waals surface area contributed by atoms with Crippen LogP contribution in [0.1, 0.15) is 43.7 Å². The molecule has 4 nitrogen and oxygen atoms in total. The molecule has 1 saturated carbocycles. The molecule has 1 aromatic carbocycles. The molecule has 1 fully saturated rings. The van der Waals surface area contributed by atoms with Crippen molar-refractivity contribution in [3.05, 3.63) is 35.4 Å². The third kappa shape index (κ3) is 4.58. The SMILES string of the molecule is CC1CCC(NS(=O)(=O)Cc2ccc(CO)cc2)CC1. The summed E-state index contributed by atoms with van der Waals surface area (Å²) in [6.07, 6.45) is 4.06. The summed E-state index contributed by atoms with van der Waals surface area (Å²) in [6.45, 7) is 2.19. The average molecular weight is 297 g/mol. The van der Waals surface area contributed by atoms with E-state index in [1.165, 1.54) is 0 Å². The highest BCUT2D eigenvalue weighted by atomic mass is 32.2. The average Bonchev–Trinajstić information content (AvgIpc) is 2.41. The van der Waals surface area contributed by atoms with E-state index in [0.717, 1.165) is 36.8 Å². The summed E-state index contributed by atoms with van der Waals surface area (Å²) in [4.78, 5) is 0. The number of aliphatic hydroxyl groups excluding tert-OH is 1. The largest absolute Gasteiger partial charge is 0.392 e. The van der Waals surface area contributed by atoms with E-state index in [2.05, 4.69) is 11.6 Å². The highest BCUT2D eigenvalue weighted by molar-refractivity contribution is 7.88. The molecule has 1 aliphatic rings. The van der Waals surface area contributed by atoms with Crippen LogP contribution < -0.4 is 4.72 Å². The molecule has 112 valence electrons. The molecular formula is C15H23NO3S. The van der Waals surface area contributed by atoms with Gasteiger partial charge in [0.05, 0.1) is 12.4 Å². The lowest BCUT2D eigenvalue weighted by Crippen LogP contribution is -2.37. The number of benzene rings is 1. The molecule has 1 aromatic rings. The Kier molecular flexibility index (Phi) is 5.18. The van der Waals surface area contributed by atoms with Crippen LogP contribution in [0.5, 0.6) is 0 Å². The zero-order valence-electron chi connectivity index (χ0n) is 11.9. The quantitative estimate of drug-likeness (QED) is 0.875. The second kappa shape index (κ2) is 6.70. The molecule has 0 aromatic heterocycles. The zero-order chi connectivity index (χ0) is 14.6. The topological polar surface area (TPSA) is 66.4 Å². The minimum Gasteiger partial charge on any atom is -0.392 e. The van der Waals surface area contributed by atoms with Crippen molar-refractivity contribution in [1.82, 2.24) is 4.72 Å². The molecule has 0 bridgehead atoms. The molecule has 0 spiro atoms. The van der Waals surface area contributed by atoms with E-state index in [0.29, 0.717) is 5.92 Å². The zero-order valence-corrected chi connectivity index (χ0v) is 12.7. The van der Waals surface area contributed by atoms with Crippen molar-refractivity contribution in [2.24, 2.45) is 5.92 Å². The first kappa shape index (κ1) is 15.5. The first-order valence-corrected chi connectivity index (χ1v) is 8.82. The fraction of sp³-hybridized carbons (Fsp3) is 0.600. The van der Waals surface area contributed by atoms with Crippen molar-refractivity contribution >= 4 is 10.0 Å². The van der Waals surface area contributed by atoms with Gasteiger partial charge in [-0.3, -0.25) is 0 Å². The number of rotatable bonds is 5. The Morgan fingerprint density at radius 2 is 1.65 bits per heavy atom. The molecule has 2 rings (SSSR count). The molecule has 0 atom stereocenters. The van der Waals surface area contributed by atoms with Gasteiger partial charge < -0.3 is 5.11 Å². The summed E-state index contributed by atoms with van der Waals surface area (Å²) in [5.74, 6) is 0.715. The van der Waals surface area contributed by atoms with E-state index in [1.807, 2.05) is 0 Å². The van der Waals surface area contributed by atoms with Gasteiger partial charge in [0.1, 0.15) is 0 Å². The van der Waals surface area contributed by atoms with E-state index < -0.39 is 10.0 Å². The Hall–Kier alpha value is -0.910. The third-order valence-electron chi connectivity index (χ3n) is 3.92. The van der Waals surface area contributed by atoms with Crippen LogP contribution in [-0.4, -0.2) is 19.6 Å². The molecule has 0 unspecified atom stereocenters. The number of nitrogens with one attached hydrogen (secondary N) is 1. The van der Waals surface area contributed by atoms with Gasteiger partial charge in [-0.1, -0.05) is 31.2 Å². The van der Waals surface area contributed by atoms with Crippen molar-refractivity contribution in [2.45, 2.75) is 51.0 Å². The monoisotopic (exact) mass is 297 g/mol. The molecule has 5 heteroatoms. The van der Waals surface area contributed by atoms with Crippen molar-refractivity contribution < 1.29 is 13.5 Å². The third-order valence-corrected chi connectivity index (χ3v) is 5.33. The lowest BCUT2D eigenvalue weighted by molar-refractivity contribution is 0.282. The Balaban J connectivity index is 1.92. The molecule has 0 aliphatic heterocycles. The molecule has 2 N–H and O–H groups in total. The lowest BCUT2D eigenvalue weighted by Gasteiger charge is -2.26. The number of hydrogen-bond donors (Lipinski definition) is 2. The highest BCUT2D eigenvalue weighted by Crippen LogP contribution is 2.24. The fourth-order valence-corrected chi connectivity index (χ4v) is 4.09. The normalized spacial score (nSPS) is 23.7. The summed E-state index contributed by atoms with van der Waals surface area (Å²) in [6, 6.07) is 7.12. The van der Waals surface area contributed by atoms with E-state index >= 15 is 0 Å². The predicted molar refractivity (Wildman–Crippen MR) is 79.5 cm³/mol. The second-order valence-electron chi connectivity index (χ2n) is 5.81. The number of aliphatic hydroxyl groups is 1. The standard InChI is InChI=1S/C15H23NO3S/c1-12-2-8-15(9-3-12)16-20(18,19)11-14-6-4-13(10-17)5-7-14/h4-7,12,15-17H,2-3,8-11H2,1H3. The number of sulfonamides is 1. The summed E-state index contributed by atoms with van der Waals surface area (Å²) in [5.41, 5.74) is 1.54. The second-order valence-corrected chi connectivity index (χ2v) is 7.56. The number of hydrogen-bond acceptors (Lipinski definition) is 3.